The monoisotopic (exact) mass is 409 g/mol. The van der Waals surface area contributed by atoms with Crippen LogP contribution in [0.1, 0.15) is 12.5 Å². The smallest absolute Gasteiger partial charge is 0.186 e. The number of rotatable bonds is 7. The molecule has 7 nitrogen and oxygen atoms in total. The van der Waals surface area contributed by atoms with Gasteiger partial charge in [-0.05, 0) is 49.5 Å². The maximum Gasteiger partial charge on any atom is 0.186 e. The minimum absolute atomic E-state index is 0.458. The van der Waals surface area contributed by atoms with Gasteiger partial charge in [0.15, 0.2) is 5.11 Å². The number of nitrogens with zero attached hydrogens (tertiary/aromatic N) is 3. The second-order valence-electron chi connectivity index (χ2n) is 6.01. The Morgan fingerprint density at radius 1 is 1.17 bits per heavy atom. The largest absolute Gasteiger partial charge is 0.497 e. The molecule has 0 saturated carbocycles. The van der Waals surface area contributed by atoms with E-state index in [1.165, 1.54) is 0 Å². The molecule has 0 amide bonds. The van der Waals surface area contributed by atoms with Crippen molar-refractivity contribution in [3.8, 4) is 28.4 Å². The fourth-order valence-corrected chi connectivity index (χ4v) is 2.96. The van der Waals surface area contributed by atoms with Crippen molar-refractivity contribution >= 4 is 23.5 Å². The predicted molar refractivity (Wildman–Crippen MR) is 119 cm³/mol. The number of hydrogen-bond acceptors (Lipinski definition) is 5. The zero-order valence-corrected chi connectivity index (χ0v) is 17.4. The first-order valence-electron chi connectivity index (χ1n) is 9.10. The van der Waals surface area contributed by atoms with Crippen LogP contribution in [0.25, 0.3) is 16.9 Å². The molecule has 0 atom stereocenters. The molecule has 0 spiro atoms. The van der Waals surface area contributed by atoms with Crippen LogP contribution < -0.4 is 20.2 Å². The minimum atomic E-state index is 0.458. The first-order chi connectivity index (χ1) is 14.2. The molecular formula is C21H23N5O2S. The summed E-state index contributed by atoms with van der Waals surface area (Å²) in [5, 5.41) is 12.5. The van der Waals surface area contributed by atoms with Crippen molar-refractivity contribution in [2.45, 2.75) is 6.92 Å². The quantitative estimate of drug-likeness (QED) is 0.354. The molecule has 0 unspecified atom stereocenters. The van der Waals surface area contributed by atoms with Crippen molar-refractivity contribution in [3.05, 3.63) is 60.3 Å². The third-order valence-electron chi connectivity index (χ3n) is 4.13. The highest BCUT2D eigenvalue weighted by atomic mass is 32.1. The molecule has 0 aliphatic rings. The van der Waals surface area contributed by atoms with Gasteiger partial charge in [0, 0.05) is 23.9 Å². The zero-order chi connectivity index (χ0) is 20.6. The van der Waals surface area contributed by atoms with Gasteiger partial charge in [-0.3, -0.25) is 5.43 Å². The summed E-state index contributed by atoms with van der Waals surface area (Å²) in [4.78, 5) is 0. The standard InChI is InChI=1S/C21H23N5O2S/c1-4-22-21(29)24-23-13-15-14-26(16-8-6-5-7-9-16)25-20(15)18-12-17(27-2)10-11-19(18)28-3/h5-14H,4H2,1-3H3,(H2,22,24,29)/b23-13-. The summed E-state index contributed by atoms with van der Waals surface area (Å²) in [6.07, 6.45) is 3.59. The van der Waals surface area contributed by atoms with Crippen molar-refractivity contribution < 1.29 is 9.47 Å². The summed E-state index contributed by atoms with van der Waals surface area (Å²) >= 11 is 5.16. The maximum absolute atomic E-state index is 5.55. The Bertz CT molecular complexity index is 1000. The minimum Gasteiger partial charge on any atom is -0.497 e. The van der Waals surface area contributed by atoms with Crippen molar-refractivity contribution in [1.29, 1.82) is 0 Å². The van der Waals surface area contributed by atoms with E-state index in [0.717, 1.165) is 23.4 Å². The van der Waals surface area contributed by atoms with Crippen LogP contribution in [0, 0.1) is 0 Å². The molecule has 8 heteroatoms. The second kappa shape index (κ2) is 9.70. The van der Waals surface area contributed by atoms with E-state index in [0.29, 0.717) is 22.3 Å². The topological polar surface area (TPSA) is 72.7 Å². The Kier molecular flexibility index (Phi) is 6.80. The van der Waals surface area contributed by atoms with Gasteiger partial charge in [0.25, 0.3) is 0 Å². The van der Waals surface area contributed by atoms with E-state index in [1.54, 1.807) is 25.1 Å². The van der Waals surface area contributed by atoms with Crippen molar-refractivity contribution in [2.75, 3.05) is 20.8 Å². The number of hydrogen-bond donors (Lipinski definition) is 2. The molecule has 0 aliphatic carbocycles. The number of nitrogens with one attached hydrogen (secondary N) is 2. The zero-order valence-electron chi connectivity index (χ0n) is 16.5. The lowest BCUT2D eigenvalue weighted by atomic mass is 10.1. The van der Waals surface area contributed by atoms with Crippen LogP contribution >= 0.6 is 12.2 Å². The van der Waals surface area contributed by atoms with Gasteiger partial charge >= 0.3 is 0 Å². The molecule has 2 N–H and O–H groups in total. The highest BCUT2D eigenvalue weighted by molar-refractivity contribution is 7.80. The van der Waals surface area contributed by atoms with Gasteiger partial charge in [-0.2, -0.15) is 10.2 Å². The van der Waals surface area contributed by atoms with Crippen LogP contribution in [-0.4, -0.2) is 41.9 Å². The Hall–Kier alpha value is -3.39. The van der Waals surface area contributed by atoms with Crippen LogP contribution in [0.5, 0.6) is 11.5 Å². The molecule has 0 radical (unpaired) electrons. The molecule has 2 aromatic carbocycles. The van der Waals surface area contributed by atoms with E-state index in [9.17, 15) is 0 Å². The Labute approximate surface area is 175 Å². The normalized spacial score (nSPS) is 10.7. The highest BCUT2D eigenvalue weighted by Gasteiger charge is 2.16. The average Bonchev–Trinajstić information content (AvgIpc) is 3.18. The van der Waals surface area contributed by atoms with E-state index in [-0.39, 0.29) is 0 Å². The second-order valence-corrected chi connectivity index (χ2v) is 6.42. The lowest BCUT2D eigenvalue weighted by molar-refractivity contribution is 0.404. The van der Waals surface area contributed by atoms with Crippen molar-refractivity contribution in [3.63, 3.8) is 0 Å². The summed E-state index contributed by atoms with van der Waals surface area (Å²) in [7, 11) is 3.26. The van der Waals surface area contributed by atoms with Crippen LogP contribution in [0.2, 0.25) is 0 Å². The van der Waals surface area contributed by atoms with E-state index in [4.69, 9.17) is 26.8 Å². The van der Waals surface area contributed by atoms with Gasteiger partial charge in [-0.15, -0.1) is 0 Å². The van der Waals surface area contributed by atoms with Crippen LogP contribution in [0.4, 0.5) is 0 Å². The van der Waals surface area contributed by atoms with Gasteiger partial charge < -0.3 is 14.8 Å². The maximum atomic E-state index is 5.55. The molecule has 0 saturated heterocycles. The van der Waals surface area contributed by atoms with Crippen LogP contribution in [0.3, 0.4) is 0 Å². The highest BCUT2D eigenvalue weighted by Crippen LogP contribution is 2.34. The van der Waals surface area contributed by atoms with Gasteiger partial charge in [-0.25, -0.2) is 4.68 Å². The number of thiocarbonyl (C=S) groups is 1. The summed E-state index contributed by atoms with van der Waals surface area (Å²) in [5.74, 6) is 1.40. The number of methoxy groups -OCH3 is 2. The number of ether oxygens (including phenoxy) is 2. The lowest BCUT2D eigenvalue weighted by Crippen LogP contribution is -2.31. The van der Waals surface area contributed by atoms with E-state index in [1.807, 2.05) is 61.7 Å². The molecule has 3 aromatic rings. The molecule has 150 valence electrons. The van der Waals surface area contributed by atoms with Crippen LogP contribution in [-0.2, 0) is 0 Å². The number of hydrazone groups is 1. The van der Waals surface area contributed by atoms with Crippen molar-refractivity contribution in [2.24, 2.45) is 5.10 Å². The summed E-state index contributed by atoms with van der Waals surface area (Å²) in [5.41, 5.74) is 6.06. The molecule has 0 bridgehead atoms. The third kappa shape index (κ3) is 4.91. The van der Waals surface area contributed by atoms with Gasteiger partial charge in [0.2, 0.25) is 0 Å². The first-order valence-corrected chi connectivity index (χ1v) is 9.51. The van der Waals surface area contributed by atoms with Gasteiger partial charge in [-0.1, -0.05) is 18.2 Å². The third-order valence-corrected chi connectivity index (χ3v) is 4.37. The van der Waals surface area contributed by atoms with Crippen molar-refractivity contribution in [1.82, 2.24) is 20.5 Å². The van der Waals surface area contributed by atoms with Crippen LogP contribution in [0.15, 0.2) is 59.8 Å². The fourth-order valence-electron chi connectivity index (χ4n) is 2.76. The number of aromatic nitrogens is 2. The van der Waals surface area contributed by atoms with Gasteiger partial charge in [0.05, 0.1) is 26.1 Å². The molecule has 0 aliphatic heterocycles. The molecular weight excluding hydrogens is 386 g/mol. The fraction of sp³-hybridized carbons (Fsp3) is 0.190. The summed E-state index contributed by atoms with van der Waals surface area (Å²) < 4.78 is 12.7. The Morgan fingerprint density at radius 3 is 2.66 bits per heavy atom. The SMILES string of the molecule is CCNC(=S)N/N=C\c1cn(-c2ccccc2)nc1-c1cc(OC)ccc1OC. The van der Waals surface area contributed by atoms with Gasteiger partial charge in [0.1, 0.15) is 17.2 Å². The average molecular weight is 410 g/mol. The molecule has 1 aromatic heterocycles. The molecule has 0 fully saturated rings. The number of para-hydroxylation sites is 1. The molecule has 1 heterocycles. The lowest BCUT2D eigenvalue weighted by Gasteiger charge is -2.09. The Morgan fingerprint density at radius 2 is 1.97 bits per heavy atom. The number of benzene rings is 2. The molecule has 3 rings (SSSR count). The first kappa shape index (κ1) is 20.3. The molecule has 29 heavy (non-hydrogen) atoms. The van der Waals surface area contributed by atoms with E-state index < -0.39 is 0 Å². The summed E-state index contributed by atoms with van der Waals surface area (Å²) in [6, 6.07) is 15.5. The van der Waals surface area contributed by atoms with E-state index in [2.05, 4.69) is 15.8 Å². The predicted octanol–water partition coefficient (Wildman–Crippen LogP) is 3.37. The summed E-state index contributed by atoms with van der Waals surface area (Å²) in [6.45, 7) is 2.69. The van der Waals surface area contributed by atoms with E-state index >= 15 is 0 Å². The Balaban J connectivity index is 2.06.